The van der Waals surface area contributed by atoms with Gasteiger partial charge in [-0.15, -0.1) is 0 Å². The molecule has 0 saturated carbocycles. The van der Waals surface area contributed by atoms with Crippen LogP contribution in [0.1, 0.15) is 28.3 Å². The molecule has 4 nitrogen and oxygen atoms in total. The Hall–Kier alpha value is -2.30. The van der Waals surface area contributed by atoms with Gasteiger partial charge in [-0.25, -0.2) is 0 Å². The molecular formula is C23H27F6N3O. The first-order valence-electron chi connectivity index (χ1n) is 10.5. The van der Waals surface area contributed by atoms with Crippen LogP contribution in [0.15, 0.2) is 42.5 Å². The predicted octanol–water partition coefficient (Wildman–Crippen LogP) is 4.81. The Kier molecular flexibility index (Phi) is 7.92. The van der Waals surface area contributed by atoms with E-state index >= 15 is 0 Å². The topological polar surface area (TPSA) is 27.7 Å². The van der Waals surface area contributed by atoms with E-state index in [-0.39, 0.29) is 24.2 Å². The van der Waals surface area contributed by atoms with Crippen LogP contribution in [0, 0.1) is 0 Å². The van der Waals surface area contributed by atoms with Crippen molar-refractivity contribution in [3.05, 3.63) is 64.7 Å². The lowest BCUT2D eigenvalue weighted by atomic mass is 10.0. The number of piperazine rings is 1. The number of ether oxygens (including phenoxy) is 1. The maximum atomic E-state index is 13.2. The molecule has 33 heavy (non-hydrogen) atoms. The van der Waals surface area contributed by atoms with E-state index in [1.807, 2.05) is 31.3 Å². The minimum atomic E-state index is -4.87. The summed E-state index contributed by atoms with van der Waals surface area (Å²) < 4.78 is 84.4. The summed E-state index contributed by atoms with van der Waals surface area (Å²) in [6.45, 7) is 3.47. The predicted molar refractivity (Wildman–Crippen MR) is 113 cm³/mol. The molecule has 0 aromatic heterocycles. The quantitative estimate of drug-likeness (QED) is 0.582. The van der Waals surface area contributed by atoms with Crippen molar-refractivity contribution in [1.82, 2.24) is 15.1 Å². The third-order valence-corrected chi connectivity index (χ3v) is 5.79. The first-order valence-corrected chi connectivity index (χ1v) is 10.5. The summed E-state index contributed by atoms with van der Waals surface area (Å²) in [5.74, 6) is 0.682. The Morgan fingerprint density at radius 2 is 1.48 bits per heavy atom. The molecule has 10 heteroatoms. The lowest BCUT2D eigenvalue weighted by Gasteiger charge is -2.38. The maximum absolute atomic E-state index is 13.2. The summed E-state index contributed by atoms with van der Waals surface area (Å²) in [5, 5.41) is 3.07. The molecule has 1 aliphatic rings. The first-order chi connectivity index (χ1) is 15.5. The van der Waals surface area contributed by atoms with Crippen LogP contribution in [0.25, 0.3) is 0 Å². The summed E-state index contributed by atoms with van der Waals surface area (Å²) in [5.41, 5.74) is -1.78. The van der Waals surface area contributed by atoms with Crippen LogP contribution in [0.3, 0.4) is 0 Å². The fraction of sp³-hybridized carbons (Fsp3) is 0.478. The number of rotatable bonds is 7. The maximum Gasteiger partial charge on any atom is 0.416 e. The molecule has 2 aromatic rings. The number of alkyl halides is 6. The fourth-order valence-electron chi connectivity index (χ4n) is 3.99. The van der Waals surface area contributed by atoms with Gasteiger partial charge in [0.25, 0.3) is 0 Å². The zero-order valence-electron chi connectivity index (χ0n) is 18.4. The van der Waals surface area contributed by atoms with Gasteiger partial charge in [0.15, 0.2) is 0 Å². The van der Waals surface area contributed by atoms with E-state index in [0.29, 0.717) is 12.3 Å². The monoisotopic (exact) mass is 475 g/mol. The van der Waals surface area contributed by atoms with Crippen LogP contribution >= 0.6 is 0 Å². The number of methoxy groups -OCH3 is 1. The lowest BCUT2D eigenvalue weighted by Crippen LogP contribution is -2.48. The van der Waals surface area contributed by atoms with Crippen molar-refractivity contribution in [1.29, 1.82) is 0 Å². The molecule has 1 heterocycles. The van der Waals surface area contributed by atoms with Gasteiger partial charge in [-0.05, 0) is 36.9 Å². The third-order valence-electron chi connectivity index (χ3n) is 5.79. The molecule has 0 spiro atoms. The van der Waals surface area contributed by atoms with Gasteiger partial charge in [0.2, 0.25) is 0 Å². The van der Waals surface area contributed by atoms with E-state index in [1.165, 1.54) is 0 Å². The Morgan fingerprint density at radius 3 is 2.03 bits per heavy atom. The van der Waals surface area contributed by atoms with E-state index in [1.54, 1.807) is 7.11 Å². The molecule has 2 aromatic carbocycles. The summed E-state index contributed by atoms with van der Waals surface area (Å²) in [7, 11) is 3.59. The molecule has 1 N–H and O–H groups in total. The third kappa shape index (κ3) is 6.61. The van der Waals surface area contributed by atoms with E-state index in [2.05, 4.69) is 15.1 Å². The highest BCUT2D eigenvalue weighted by Gasteiger charge is 2.37. The number of nitrogens with one attached hydrogen (secondary N) is 1. The highest BCUT2D eigenvalue weighted by Crippen LogP contribution is 2.36. The van der Waals surface area contributed by atoms with Crippen molar-refractivity contribution >= 4 is 0 Å². The molecular weight excluding hydrogens is 448 g/mol. The van der Waals surface area contributed by atoms with Gasteiger partial charge in [-0.1, -0.05) is 18.2 Å². The molecule has 1 atom stereocenters. The molecule has 0 bridgehead atoms. The SMILES string of the molecule is COc1ccccc1C(CNCc1cc(C(F)(F)F)cc(C(F)(F)F)c1)N1CCN(C)CC1. The second-order valence-electron chi connectivity index (χ2n) is 8.14. The largest absolute Gasteiger partial charge is 0.496 e. The molecule has 3 rings (SSSR count). The number of hydrogen-bond acceptors (Lipinski definition) is 4. The van der Waals surface area contributed by atoms with Crippen molar-refractivity contribution in [3.63, 3.8) is 0 Å². The summed E-state index contributed by atoms with van der Waals surface area (Å²) in [4.78, 5) is 4.45. The van der Waals surface area contributed by atoms with Crippen LogP contribution in [0.2, 0.25) is 0 Å². The number of likely N-dealkylation sites (N-methyl/N-ethyl adjacent to an activating group) is 1. The lowest BCUT2D eigenvalue weighted by molar-refractivity contribution is -0.143. The van der Waals surface area contributed by atoms with E-state index in [9.17, 15) is 26.3 Å². The Bertz CT molecular complexity index is 891. The minimum absolute atomic E-state index is 0.0747. The van der Waals surface area contributed by atoms with Gasteiger partial charge in [0.1, 0.15) is 5.75 Å². The molecule has 182 valence electrons. The average Bonchev–Trinajstić information content (AvgIpc) is 2.76. The van der Waals surface area contributed by atoms with E-state index < -0.39 is 23.5 Å². The van der Waals surface area contributed by atoms with Crippen LogP contribution in [0.4, 0.5) is 26.3 Å². The Morgan fingerprint density at radius 1 is 0.909 bits per heavy atom. The highest BCUT2D eigenvalue weighted by atomic mass is 19.4. The Labute approximate surface area is 189 Å². The van der Waals surface area contributed by atoms with Gasteiger partial charge in [0.05, 0.1) is 24.3 Å². The summed E-state index contributed by atoms with van der Waals surface area (Å²) in [6.07, 6.45) is -9.73. The standard InChI is InChI=1S/C23H27F6N3O/c1-31-7-9-32(10-8-31)20(19-5-3-4-6-21(19)33-2)15-30-14-16-11-17(22(24,25)26)13-18(12-16)23(27,28)29/h3-6,11-13,20,30H,7-10,14-15H2,1-2H3. The van der Waals surface area contributed by atoms with Gasteiger partial charge < -0.3 is 15.0 Å². The number of hydrogen-bond donors (Lipinski definition) is 1. The van der Waals surface area contributed by atoms with Crippen molar-refractivity contribution in [2.24, 2.45) is 0 Å². The molecule has 0 radical (unpaired) electrons. The fourth-order valence-corrected chi connectivity index (χ4v) is 3.99. The van der Waals surface area contributed by atoms with Crippen LogP contribution < -0.4 is 10.1 Å². The highest BCUT2D eigenvalue weighted by molar-refractivity contribution is 5.37. The van der Waals surface area contributed by atoms with Crippen LogP contribution in [-0.4, -0.2) is 56.7 Å². The Balaban J connectivity index is 1.81. The van der Waals surface area contributed by atoms with Crippen LogP contribution in [0.5, 0.6) is 5.75 Å². The van der Waals surface area contributed by atoms with E-state index in [0.717, 1.165) is 43.9 Å². The van der Waals surface area contributed by atoms with Crippen molar-refractivity contribution in [2.75, 3.05) is 46.9 Å². The summed E-state index contributed by atoms with van der Waals surface area (Å²) >= 11 is 0. The summed E-state index contributed by atoms with van der Waals surface area (Å²) in [6, 6.07) is 9.00. The molecule has 1 fully saturated rings. The normalized spacial score (nSPS) is 17.2. The number of para-hydroxylation sites is 1. The zero-order valence-corrected chi connectivity index (χ0v) is 18.4. The second-order valence-corrected chi connectivity index (χ2v) is 8.14. The van der Waals surface area contributed by atoms with E-state index in [4.69, 9.17) is 4.74 Å². The van der Waals surface area contributed by atoms with Gasteiger partial charge in [-0.2, -0.15) is 26.3 Å². The smallest absolute Gasteiger partial charge is 0.416 e. The molecule has 1 aliphatic heterocycles. The molecule has 0 aliphatic carbocycles. The first kappa shape index (κ1) is 25.3. The number of benzene rings is 2. The van der Waals surface area contributed by atoms with Crippen molar-refractivity contribution < 1.29 is 31.1 Å². The zero-order chi connectivity index (χ0) is 24.2. The molecule has 0 amide bonds. The van der Waals surface area contributed by atoms with Gasteiger partial charge in [0, 0.05) is 44.8 Å². The second kappa shape index (κ2) is 10.3. The minimum Gasteiger partial charge on any atom is -0.496 e. The van der Waals surface area contributed by atoms with Crippen LogP contribution in [-0.2, 0) is 18.9 Å². The van der Waals surface area contributed by atoms with Crippen molar-refractivity contribution in [3.8, 4) is 5.75 Å². The van der Waals surface area contributed by atoms with Gasteiger partial charge >= 0.3 is 12.4 Å². The number of halogens is 6. The van der Waals surface area contributed by atoms with Gasteiger partial charge in [-0.3, -0.25) is 4.90 Å². The number of nitrogens with zero attached hydrogens (tertiary/aromatic N) is 2. The molecule has 1 saturated heterocycles. The average molecular weight is 475 g/mol. The van der Waals surface area contributed by atoms with Crippen molar-refractivity contribution in [2.45, 2.75) is 24.9 Å². The molecule has 1 unspecified atom stereocenters.